The van der Waals surface area contributed by atoms with E-state index in [2.05, 4.69) is 4.74 Å². The first-order valence-corrected chi connectivity index (χ1v) is 11.3. The van der Waals surface area contributed by atoms with Gasteiger partial charge in [-0.2, -0.15) is 39.5 Å². The summed E-state index contributed by atoms with van der Waals surface area (Å²) in [5.41, 5.74) is -3.53. The van der Waals surface area contributed by atoms with Crippen LogP contribution in [0.15, 0.2) is 42.5 Å². The third-order valence-electron chi connectivity index (χ3n) is 6.54. The molecular formula is C25H24F9NO2. The zero-order valence-corrected chi connectivity index (χ0v) is 19.6. The van der Waals surface area contributed by atoms with Crippen LogP contribution in [-0.2, 0) is 34.6 Å². The number of methoxy groups -OCH3 is 1. The highest BCUT2D eigenvalue weighted by Crippen LogP contribution is 2.41. The second kappa shape index (κ2) is 10.9. The van der Waals surface area contributed by atoms with Crippen LogP contribution in [0.2, 0.25) is 0 Å². The van der Waals surface area contributed by atoms with Crippen molar-refractivity contribution in [3.8, 4) is 0 Å². The van der Waals surface area contributed by atoms with Gasteiger partial charge in [-0.3, -0.25) is 9.69 Å². The average molecular weight is 541 g/mol. The van der Waals surface area contributed by atoms with Crippen LogP contribution >= 0.6 is 0 Å². The molecule has 3 rings (SSSR count). The Labute approximate surface area is 207 Å². The van der Waals surface area contributed by atoms with Crippen molar-refractivity contribution in [2.24, 2.45) is 5.92 Å². The first-order chi connectivity index (χ1) is 17.1. The van der Waals surface area contributed by atoms with Gasteiger partial charge in [-0.05, 0) is 73.2 Å². The van der Waals surface area contributed by atoms with Crippen molar-refractivity contribution >= 4 is 5.97 Å². The van der Waals surface area contributed by atoms with E-state index < -0.39 is 59.3 Å². The minimum atomic E-state index is -4.90. The molecule has 0 spiro atoms. The normalized spacial score (nSPS) is 19.6. The minimum Gasteiger partial charge on any atom is -0.469 e. The number of piperidine rings is 1. The first kappa shape index (κ1) is 28.8. The molecule has 0 amide bonds. The second-order valence-corrected chi connectivity index (χ2v) is 8.98. The highest BCUT2D eigenvalue weighted by molar-refractivity contribution is 5.69. The summed E-state index contributed by atoms with van der Waals surface area (Å²) < 4.78 is 124. The van der Waals surface area contributed by atoms with Gasteiger partial charge < -0.3 is 4.74 Å². The van der Waals surface area contributed by atoms with E-state index in [1.54, 1.807) is 4.90 Å². The Hall–Kier alpha value is -2.76. The summed E-state index contributed by atoms with van der Waals surface area (Å²) in [4.78, 5) is 13.1. The molecule has 1 heterocycles. The molecule has 1 aliphatic heterocycles. The van der Waals surface area contributed by atoms with Crippen molar-refractivity contribution in [3.05, 3.63) is 70.3 Å². The zero-order chi connectivity index (χ0) is 27.6. The van der Waals surface area contributed by atoms with Crippen LogP contribution in [0.3, 0.4) is 0 Å². The molecule has 1 fully saturated rings. The van der Waals surface area contributed by atoms with E-state index >= 15 is 0 Å². The number of nitrogens with zero attached hydrogens (tertiary/aromatic N) is 1. The molecule has 0 aliphatic carbocycles. The predicted molar refractivity (Wildman–Crippen MR) is 115 cm³/mol. The van der Waals surface area contributed by atoms with E-state index in [-0.39, 0.29) is 18.9 Å². The number of benzene rings is 2. The highest BCUT2D eigenvalue weighted by Gasteiger charge is 2.39. The van der Waals surface area contributed by atoms with Crippen LogP contribution in [0.25, 0.3) is 0 Å². The van der Waals surface area contributed by atoms with E-state index in [0.717, 1.165) is 12.1 Å². The Morgan fingerprint density at radius 2 is 1.49 bits per heavy atom. The predicted octanol–water partition coefficient (Wildman–Crippen LogP) is 7.65. The number of carbonyl (C=O) groups excluding carboxylic acids is 1. The lowest BCUT2D eigenvalue weighted by molar-refractivity contribution is -0.142. The smallest absolute Gasteiger partial charge is 0.416 e. The fourth-order valence-corrected chi connectivity index (χ4v) is 4.60. The van der Waals surface area contributed by atoms with E-state index in [1.807, 2.05) is 0 Å². The molecule has 0 saturated carbocycles. The number of halogens is 9. The Balaban J connectivity index is 1.96. The van der Waals surface area contributed by atoms with Gasteiger partial charge in [-0.15, -0.1) is 0 Å². The van der Waals surface area contributed by atoms with Crippen LogP contribution in [0.5, 0.6) is 0 Å². The van der Waals surface area contributed by atoms with Gasteiger partial charge in [0.05, 0.1) is 23.8 Å². The topological polar surface area (TPSA) is 29.5 Å². The van der Waals surface area contributed by atoms with Crippen molar-refractivity contribution in [1.29, 1.82) is 0 Å². The van der Waals surface area contributed by atoms with E-state index in [9.17, 15) is 44.3 Å². The molecule has 2 aromatic carbocycles. The van der Waals surface area contributed by atoms with E-state index in [1.165, 1.54) is 19.2 Å². The van der Waals surface area contributed by atoms with Crippen LogP contribution in [0, 0.1) is 5.92 Å². The van der Waals surface area contributed by atoms with Gasteiger partial charge in [-0.1, -0.05) is 12.1 Å². The molecule has 0 unspecified atom stereocenters. The van der Waals surface area contributed by atoms with Gasteiger partial charge >= 0.3 is 24.5 Å². The Morgan fingerprint density at radius 1 is 0.892 bits per heavy atom. The van der Waals surface area contributed by atoms with Gasteiger partial charge in [0.1, 0.15) is 0 Å². The number of esters is 1. The minimum absolute atomic E-state index is 0.0900. The summed E-state index contributed by atoms with van der Waals surface area (Å²) in [6.07, 6.45) is -13.1. The molecule has 0 aromatic heterocycles. The number of carbonyl (C=O) groups is 1. The molecule has 12 heteroatoms. The molecule has 37 heavy (non-hydrogen) atoms. The van der Waals surface area contributed by atoms with Gasteiger partial charge in [-0.25, -0.2) is 0 Å². The summed E-state index contributed by atoms with van der Waals surface area (Å²) >= 11 is 0. The van der Waals surface area contributed by atoms with E-state index in [4.69, 9.17) is 0 Å². The number of likely N-dealkylation sites (tertiary alicyclic amines) is 1. The Morgan fingerprint density at radius 3 is 2.03 bits per heavy atom. The molecule has 1 saturated heterocycles. The molecule has 204 valence electrons. The molecule has 3 nitrogen and oxygen atoms in total. The van der Waals surface area contributed by atoms with Gasteiger partial charge in [0.25, 0.3) is 0 Å². The molecule has 2 atom stereocenters. The van der Waals surface area contributed by atoms with Gasteiger partial charge in [0.2, 0.25) is 0 Å². The quantitative estimate of drug-likeness (QED) is 0.278. The number of rotatable bonds is 6. The van der Waals surface area contributed by atoms with Crippen molar-refractivity contribution < 1.29 is 49.0 Å². The summed E-state index contributed by atoms with van der Waals surface area (Å²) in [6.45, 7) is -0.320. The SMILES string of the molecule is COC(=O)CC[C@@H]1CCN(Cc2cc(C(F)(F)F)ccc2C(F)(F)F)[C@H](c2ccc(C(F)(F)F)cc2)C1. The summed E-state index contributed by atoms with van der Waals surface area (Å²) in [6, 6.07) is 4.73. The van der Waals surface area contributed by atoms with Crippen molar-refractivity contribution in [2.75, 3.05) is 13.7 Å². The number of alkyl halides is 9. The Bertz CT molecular complexity index is 1080. The first-order valence-electron chi connectivity index (χ1n) is 11.3. The summed E-state index contributed by atoms with van der Waals surface area (Å²) in [7, 11) is 1.23. The monoisotopic (exact) mass is 541 g/mol. The molecular weight excluding hydrogens is 517 g/mol. The average Bonchev–Trinajstić information content (AvgIpc) is 2.81. The molecule has 2 aromatic rings. The lowest BCUT2D eigenvalue weighted by Gasteiger charge is -2.40. The maximum Gasteiger partial charge on any atom is 0.416 e. The number of ether oxygens (including phenoxy) is 1. The second-order valence-electron chi connectivity index (χ2n) is 8.98. The number of hydrogen-bond acceptors (Lipinski definition) is 3. The fourth-order valence-electron chi connectivity index (χ4n) is 4.60. The molecule has 1 aliphatic rings. The molecule has 0 radical (unpaired) electrons. The molecule has 0 N–H and O–H groups in total. The maximum absolute atomic E-state index is 13.6. The number of hydrogen-bond donors (Lipinski definition) is 0. The van der Waals surface area contributed by atoms with Crippen LogP contribution in [-0.4, -0.2) is 24.5 Å². The summed E-state index contributed by atoms with van der Waals surface area (Å²) in [5, 5.41) is 0. The van der Waals surface area contributed by atoms with Gasteiger partial charge in [0.15, 0.2) is 0 Å². The maximum atomic E-state index is 13.6. The molecule has 0 bridgehead atoms. The van der Waals surface area contributed by atoms with Crippen LogP contribution in [0.4, 0.5) is 39.5 Å². The van der Waals surface area contributed by atoms with Gasteiger partial charge in [0, 0.05) is 19.0 Å². The van der Waals surface area contributed by atoms with Crippen molar-refractivity contribution in [1.82, 2.24) is 4.90 Å². The van der Waals surface area contributed by atoms with Crippen LogP contribution < -0.4 is 0 Å². The Kier molecular flexibility index (Phi) is 8.50. The lowest BCUT2D eigenvalue weighted by atomic mass is 9.84. The third kappa shape index (κ3) is 7.39. The zero-order valence-electron chi connectivity index (χ0n) is 19.6. The summed E-state index contributed by atoms with van der Waals surface area (Å²) in [5.74, 6) is -0.543. The van der Waals surface area contributed by atoms with E-state index in [0.29, 0.717) is 43.0 Å². The largest absolute Gasteiger partial charge is 0.469 e. The standard InChI is InChI=1S/C25H24F9NO2/c1-37-22(36)9-2-15-10-11-35(21(12-15)16-3-5-18(6-4-16)23(26,27)28)14-17-13-19(24(29,30)31)7-8-20(17)25(32,33)34/h3-8,13,15,21H,2,9-12,14H2,1H3/t15-,21+/m1/s1. The van der Waals surface area contributed by atoms with Crippen molar-refractivity contribution in [3.63, 3.8) is 0 Å². The van der Waals surface area contributed by atoms with Crippen LogP contribution in [0.1, 0.15) is 59.5 Å². The third-order valence-corrected chi connectivity index (χ3v) is 6.54. The highest BCUT2D eigenvalue weighted by atomic mass is 19.4. The van der Waals surface area contributed by atoms with Crippen molar-refractivity contribution in [2.45, 2.75) is 56.8 Å². The fraction of sp³-hybridized carbons (Fsp3) is 0.480. The lowest BCUT2D eigenvalue weighted by Crippen LogP contribution is -2.37.